The Morgan fingerprint density at radius 2 is 1.71 bits per heavy atom. The van der Waals surface area contributed by atoms with Crippen molar-refractivity contribution in [1.29, 1.82) is 0 Å². The molecule has 0 atom stereocenters. The van der Waals surface area contributed by atoms with Crippen molar-refractivity contribution < 1.29 is 9.53 Å². The number of aliphatic imine (C=N–C) groups is 1. The number of ether oxygens (including phenoxy) is 1. The lowest BCUT2D eigenvalue weighted by Crippen LogP contribution is -2.48. The smallest absolute Gasteiger partial charge is 0.407 e. The molecule has 0 spiro atoms. The molecule has 1 amide bonds. The Labute approximate surface area is 208 Å². The van der Waals surface area contributed by atoms with Crippen LogP contribution in [0.5, 0.6) is 0 Å². The molecule has 0 radical (unpaired) electrons. The van der Waals surface area contributed by atoms with Crippen molar-refractivity contribution in [2.24, 2.45) is 4.99 Å². The minimum Gasteiger partial charge on any atom is -0.444 e. The van der Waals surface area contributed by atoms with Crippen LogP contribution in [0.25, 0.3) is 0 Å². The molecule has 1 aliphatic rings. The molecule has 178 valence electrons. The zero-order valence-electron chi connectivity index (χ0n) is 20.0. The van der Waals surface area contributed by atoms with Gasteiger partial charge in [0.1, 0.15) is 5.60 Å². The molecule has 1 heterocycles. The van der Waals surface area contributed by atoms with Crippen molar-refractivity contribution in [3.8, 4) is 0 Å². The average molecular weight is 566 g/mol. The van der Waals surface area contributed by atoms with Gasteiger partial charge in [-0.05, 0) is 46.5 Å². The maximum atomic E-state index is 11.9. The maximum absolute atomic E-state index is 11.9. The number of rotatable bonds is 5. The number of halogens is 1. The Morgan fingerprint density at radius 1 is 1.13 bits per heavy atom. The molecule has 3 N–H and O–H groups in total. The van der Waals surface area contributed by atoms with E-state index >= 15 is 0 Å². The van der Waals surface area contributed by atoms with Gasteiger partial charge in [-0.25, -0.2) is 9.78 Å². The van der Waals surface area contributed by atoms with E-state index in [9.17, 15) is 4.79 Å². The Balaban J connectivity index is 0.00000480. The highest BCUT2D eigenvalue weighted by molar-refractivity contribution is 14.0. The first kappa shape index (κ1) is 27.9. The van der Waals surface area contributed by atoms with E-state index in [2.05, 4.69) is 47.1 Å². The molecule has 1 aliphatic carbocycles. The first-order valence-electron chi connectivity index (χ1n) is 10.9. The second kappa shape index (κ2) is 12.2. The second-order valence-electron chi connectivity index (χ2n) is 9.96. The normalized spacial score (nSPS) is 19.9. The highest BCUT2D eigenvalue weighted by Crippen LogP contribution is 2.24. The minimum atomic E-state index is -0.464. The Morgan fingerprint density at radius 3 is 2.19 bits per heavy atom. The predicted octanol–water partition coefficient (Wildman–Crippen LogP) is 4.60. The first-order chi connectivity index (χ1) is 14.0. The summed E-state index contributed by atoms with van der Waals surface area (Å²) in [5.74, 6) is 0.825. The van der Waals surface area contributed by atoms with E-state index in [1.54, 1.807) is 18.4 Å². The van der Waals surface area contributed by atoms with Gasteiger partial charge in [-0.1, -0.05) is 20.8 Å². The van der Waals surface area contributed by atoms with Gasteiger partial charge in [-0.2, -0.15) is 0 Å². The molecule has 31 heavy (non-hydrogen) atoms. The van der Waals surface area contributed by atoms with Crippen LogP contribution in [0.4, 0.5) is 4.79 Å². The molecule has 0 bridgehead atoms. The summed E-state index contributed by atoms with van der Waals surface area (Å²) in [6.07, 6.45) is 4.40. The Bertz CT molecular complexity index is 716. The number of guanidine groups is 1. The number of hydrogen-bond acceptors (Lipinski definition) is 5. The standard InChI is InChI=1S/C22H39N5O2S.HI/c1-21(2,3)17-14-30-18(27-17)12-13-24-19(23-7)25-15-8-10-16(11-9-15)26-20(28)29-22(4,5)6;/h14-16H,8-13H2,1-7H3,(H,26,28)(H2,23,24,25);1H. The summed E-state index contributed by atoms with van der Waals surface area (Å²) in [7, 11) is 1.80. The molecule has 1 saturated carbocycles. The highest BCUT2D eigenvalue weighted by atomic mass is 127. The number of carbonyl (C=O) groups is 1. The Kier molecular flexibility index (Phi) is 11.0. The molecule has 1 aromatic heterocycles. The van der Waals surface area contributed by atoms with E-state index in [1.165, 1.54) is 0 Å². The third-order valence-corrected chi connectivity index (χ3v) is 5.87. The van der Waals surface area contributed by atoms with E-state index in [0.29, 0.717) is 6.04 Å². The fraction of sp³-hybridized carbons (Fsp3) is 0.773. The number of carbonyl (C=O) groups excluding carboxylic acids is 1. The second-order valence-corrected chi connectivity index (χ2v) is 10.9. The van der Waals surface area contributed by atoms with Crippen LogP contribution in [0.1, 0.15) is 77.9 Å². The summed E-state index contributed by atoms with van der Waals surface area (Å²) in [6, 6.07) is 0.537. The highest BCUT2D eigenvalue weighted by Gasteiger charge is 2.25. The van der Waals surface area contributed by atoms with Gasteiger partial charge in [0.25, 0.3) is 0 Å². The number of hydrogen-bond donors (Lipinski definition) is 3. The molecule has 2 rings (SSSR count). The average Bonchev–Trinajstić information content (AvgIpc) is 3.10. The molecule has 1 aromatic rings. The van der Waals surface area contributed by atoms with Gasteiger partial charge in [-0.15, -0.1) is 35.3 Å². The van der Waals surface area contributed by atoms with Crippen molar-refractivity contribution in [3.05, 3.63) is 16.1 Å². The largest absolute Gasteiger partial charge is 0.444 e. The predicted molar refractivity (Wildman–Crippen MR) is 140 cm³/mol. The molecule has 7 nitrogen and oxygen atoms in total. The third-order valence-electron chi connectivity index (χ3n) is 4.96. The fourth-order valence-corrected chi connectivity index (χ4v) is 4.33. The zero-order valence-corrected chi connectivity index (χ0v) is 23.1. The molecule has 9 heteroatoms. The summed E-state index contributed by atoms with van der Waals surface area (Å²) in [4.78, 5) is 21.0. The van der Waals surface area contributed by atoms with Crippen LogP contribution in [-0.2, 0) is 16.6 Å². The molecule has 0 aromatic carbocycles. The van der Waals surface area contributed by atoms with Gasteiger partial charge in [0.15, 0.2) is 5.96 Å². The molecular formula is C22H40IN5O2S. The Hall–Kier alpha value is -1.10. The van der Waals surface area contributed by atoms with Crippen LogP contribution in [0.2, 0.25) is 0 Å². The van der Waals surface area contributed by atoms with E-state index in [-0.39, 0.29) is 41.5 Å². The van der Waals surface area contributed by atoms with E-state index < -0.39 is 5.60 Å². The van der Waals surface area contributed by atoms with Crippen LogP contribution < -0.4 is 16.0 Å². The molecule has 0 saturated heterocycles. The van der Waals surface area contributed by atoms with Crippen molar-refractivity contribution in [1.82, 2.24) is 20.9 Å². The zero-order chi connectivity index (χ0) is 22.4. The first-order valence-corrected chi connectivity index (χ1v) is 11.8. The van der Waals surface area contributed by atoms with Crippen molar-refractivity contribution in [2.75, 3.05) is 13.6 Å². The van der Waals surface area contributed by atoms with Gasteiger partial charge in [0, 0.05) is 42.9 Å². The molecule has 0 aliphatic heterocycles. The number of alkyl carbamates (subject to hydrolysis) is 1. The van der Waals surface area contributed by atoms with Crippen LogP contribution in [0.3, 0.4) is 0 Å². The van der Waals surface area contributed by atoms with Crippen LogP contribution in [0.15, 0.2) is 10.4 Å². The number of nitrogens with zero attached hydrogens (tertiary/aromatic N) is 2. The summed E-state index contributed by atoms with van der Waals surface area (Å²) in [6.45, 7) is 13.0. The van der Waals surface area contributed by atoms with Gasteiger partial charge >= 0.3 is 6.09 Å². The molecule has 0 unspecified atom stereocenters. The number of amides is 1. The van der Waals surface area contributed by atoms with Crippen molar-refractivity contribution in [3.63, 3.8) is 0 Å². The van der Waals surface area contributed by atoms with E-state index in [1.807, 2.05) is 20.8 Å². The number of nitrogens with one attached hydrogen (secondary N) is 3. The lowest BCUT2D eigenvalue weighted by Gasteiger charge is -2.31. The van der Waals surface area contributed by atoms with E-state index in [4.69, 9.17) is 9.72 Å². The lowest BCUT2D eigenvalue weighted by molar-refractivity contribution is 0.0490. The quantitative estimate of drug-likeness (QED) is 0.276. The SMILES string of the molecule is CN=C(NCCc1nc(C(C)(C)C)cs1)NC1CCC(NC(=O)OC(C)(C)C)CC1.I. The topological polar surface area (TPSA) is 87.6 Å². The van der Waals surface area contributed by atoms with Gasteiger partial charge in [0.05, 0.1) is 10.7 Å². The van der Waals surface area contributed by atoms with Gasteiger partial charge in [0.2, 0.25) is 0 Å². The third kappa shape index (κ3) is 10.4. The van der Waals surface area contributed by atoms with E-state index in [0.717, 1.165) is 55.3 Å². The van der Waals surface area contributed by atoms with Crippen LogP contribution in [-0.4, -0.2) is 48.3 Å². The molecule has 1 fully saturated rings. The minimum absolute atomic E-state index is 0. The van der Waals surface area contributed by atoms with Crippen LogP contribution >= 0.6 is 35.3 Å². The lowest BCUT2D eigenvalue weighted by atomic mass is 9.91. The fourth-order valence-electron chi connectivity index (χ4n) is 3.30. The maximum Gasteiger partial charge on any atom is 0.407 e. The summed E-state index contributed by atoms with van der Waals surface area (Å²) < 4.78 is 5.35. The van der Waals surface area contributed by atoms with Crippen molar-refractivity contribution >= 4 is 47.4 Å². The summed E-state index contributed by atoms with van der Waals surface area (Å²) in [5.41, 5.74) is 0.784. The number of thiazole rings is 1. The molecular weight excluding hydrogens is 525 g/mol. The van der Waals surface area contributed by atoms with Gasteiger partial charge < -0.3 is 20.7 Å². The monoisotopic (exact) mass is 565 g/mol. The summed E-state index contributed by atoms with van der Waals surface area (Å²) >= 11 is 1.72. The van der Waals surface area contributed by atoms with Crippen LogP contribution in [0, 0.1) is 0 Å². The number of aromatic nitrogens is 1. The van der Waals surface area contributed by atoms with Gasteiger partial charge in [-0.3, -0.25) is 4.99 Å². The summed E-state index contributed by atoms with van der Waals surface area (Å²) in [5, 5.41) is 13.2. The van der Waals surface area contributed by atoms with Crippen molar-refractivity contribution in [2.45, 2.75) is 96.7 Å².